The van der Waals surface area contributed by atoms with Gasteiger partial charge in [-0.1, -0.05) is 12.1 Å². The molecular formula is C13H19N3O5S2. The number of sulfonamides is 1. The average molecular weight is 361 g/mol. The third-order valence-corrected chi connectivity index (χ3v) is 7.13. The number of nitrogens with zero attached hydrogens (tertiary/aromatic N) is 2. The Morgan fingerprint density at radius 2 is 1.61 bits per heavy atom. The minimum absolute atomic E-state index is 0.0372. The Hall–Kier alpha value is -1.33. The lowest BCUT2D eigenvalue weighted by Gasteiger charge is -2.32. The predicted octanol–water partition coefficient (Wildman–Crippen LogP) is -0.340. The van der Waals surface area contributed by atoms with Crippen molar-refractivity contribution in [3.63, 3.8) is 0 Å². The monoisotopic (exact) mass is 361 g/mol. The zero-order valence-corrected chi connectivity index (χ0v) is 14.5. The van der Waals surface area contributed by atoms with Crippen molar-refractivity contribution in [1.82, 2.24) is 13.3 Å². The number of Topliss-reactive ketones (excluding diaryl/α,β-unsaturated/α-hetero) is 1. The van der Waals surface area contributed by atoms with Crippen LogP contribution in [-0.2, 0) is 20.2 Å². The van der Waals surface area contributed by atoms with Gasteiger partial charge in [-0.25, -0.2) is 13.1 Å². The van der Waals surface area contributed by atoms with E-state index in [1.807, 2.05) is 0 Å². The van der Waals surface area contributed by atoms with Gasteiger partial charge in [-0.15, -0.1) is 0 Å². The van der Waals surface area contributed by atoms with Crippen molar-refractivity contribution in [3.8, 4) is 0 Å². The van der Waals surface area contributed by atoms with E-state index in [9.17, 15) is 21.6 Å². The fourth-order valence-electron chi connectivity index (χ4n) is 2.30. The highest BCUT2D eigenvalue weighted by atomic mass is 32.2. The van der Waals surface area contributed by atoms with Crippen LogP contribution in [0.5, 0.6) is 0 Å². The lowest BCUT2D eigenvalue weighted by molar-refractivity contribution is 0.101. The maximum absolute atomic E-state index is 12.6. The second-order valence-corrected chi connectivity index (χ2v) is 8.91. The zero-order chi connectivity index (χ0) is 17.3. The summed E-state index contributed by atoms with van der Waals surface area (Å²) < 4.78 is 53.3. The van der Waals surface area contributed by atoms with Gasteiger partial charge in [0.05, 0.1) is 4.90 Å². The molecule has 1 aromatic carbocycles. The number of carbonyl (C=O) groups excluding carboxylic acids is 1. The molecule has 1 saturated heterocycles. The number of nitrogens with one attached hydrogen (secondary N) is 1. The summed E-state index contributed by atoms with van der Waals surface area (Å²) in [6.45, 7) is 1.65. The van der Waals surface area contributed by atoms with Crippen molar-refractivity contribution in [1.29, 1.82) is 0 Å². The van der Waals surface area contributed by atoms with Gasteiger partial charge in [0.2, 0.25) is 10.0 Å². The molecule has 0 aromatic heterocycles. The van der Waals surface area contributed by atoms with Crippen molar-refractivity contribution in [2.75, 3.05) is 33.2 Å². The van der Waals surface area contributed by atoms with E-state index in [1.165, 1.54) is 40.8 Å². The van der Waals surface area contributed by atoms with E-state index in [-0.39, 0.29) is 36.9 Å². The smallest absolute Gasteiger partial charge is 0.279 e. The van der Waals surface area contributed by atoms with Gasteiger partial charge in [-0.05, 0) is 19.1 Å². The molecule has 8 nitrogen and oxygen atoms in total. The standard InChI is InChI=1S/C13H19N3O5S2/c1-11(17)12-4-3-5-13(10-12)22(18,19)15-6-8-16(9-7-15)23(20,21)14-2/h3-5,10,14H,6-9H2,1-2H3. The lowest BCUT2D eigenvalue weighted by Crippen LogP contribution is -2.52. The SMILES string of the molecule is CNS(=O)(=O)N1CCN(S(=O)(=O)c2cccc(C(C)=O)c2)CC1. The van der Waals surface area contributed by atoms with E-state index < -0.39 is 20.2 Å². The number of rotatable bonds is 5. The zero-order valence-electron chi connectivity index (χ0n) is 12.9. The second kappa shape index (κ2) is 6.65. The molecule has 23 heavy (non-hydrogen) atoms. The molecule has 0 aliphatic carbocycles. The molecule has 1 N–H and O–H groups in total. The van der Waals surface area contributed by atoms with Gasteiger partial charge in [0, 0.05) is 38.8 Å². The summed E-state index contributed by atoms with van der Waals surface area (Å²) >= 11 is 0. The summed E-state index contributed by atoms with van der Waals surface area (Å²) in [7, 11) is -6.00. The third kappa shape index (κ3) is 3.78. The van der Waals surface area contributed by atoms with Crippen LogP contribution < -0.4 is 4.72 Å². The second-order valence-electron chi connectivity index (χ2n) is 5.10. The topological polar surface area (TPSA) is 104 Å². The first-order valence-corrected chi connectivity index (χ1v) is 9.86. The molecular weight excluding hydrogens is 342 g/mol. The molecule has 10 heteroatoms. The summed E-state index contributed by atoms with van der Waals surface area (Å²) in [6, 6.07) is 5.84. The number of hydrogen-bond donors (Lipinski definition) is 1. The van der Waals surface area contributed by atoms with Crippen LogP contribution in [-0.4, -0.2) is 64.5 Å². The number of hydrogen-bond acceptors (Lipinski definition) is 5. The Labute approximate surface area is 136 Å². The Bertz CT molecular complexity index is 797. The van der Waals surface area contributed by atoms with E-state index in [0.717, 1.165) is 0 Å². The average Bonchev–Trinajstić information content (AvgIpc) is 2.55. The molecule has 1 fully saturated rings. The minimum atomic E-state index is -3.75. The van der Waals surface area contributed by atoms with Crippen LogP contribution in [0.1, 0.15) is 17.3 Å². The van der Waals surface area contributed by atoms with Crippen LogP contribution in [0.25, 0.3) is 0 Å². The molecule has 1 aliphatic heterocycles. The van der Waals surface area contributed by atoms with Crippen molar-refractivity contribution in [2.45, 2.75) is 11.8 Å². The molecule has 0 radical (unpaired) electrons. The van der Waals surface area contributed by atoms with Gasteiger partial charge >= 0.3 is 0 Å². The first-order valence-electron chi connectivity index (χ1n) is 6.98. The molecule has 2 rings (SSSR count). The molecule has 1 heterocycles. The number of benzene rings is 1. The van der Waals surface area contributed by atoms with Gasteiger partial charge in [0.1, 0.15) is 0 Å². The Morgan fingerprint density at radius 1 is 1.04 bits per heavy atom. The van der Waals surface area contributed by atoms with Crippen LogP contribution in [0.15, 0.2) is 29.2 Å². The van der Waals surface area contributed by atoms with Crippen LogP contribution in [0.4, 0.5) is 0 Å². The first kappa shape index (κ1) is 18.0. The molecule has 0 amide bonds. The van der Waals surface area contributed by atoms with Crippen LogP contribution in [0.3, 0.4) is 0 Å². The summed E-state index contributed by atoms with van der Waals surface area (Å²) in [5.74, 6) is -0.216. The van der Waals surface area contributed by atoms with Gasteiger partial charge < -0.3 is 0 Å². The van der Waals surface area contributed by atoms with E-state index in [0.29, 0.717) is 5.56 Å². The molecule has 0 atom stereocenters. The highest BCUT2D eigenvalue weighted by molar-refractivity contribution is 7.89. The molecule has 1 aliphatic rings. The summed E-state index contributed by atoms with van der Waals surface area (Å²) in [5.41, 5.74) is 0.322. The predicted molar refractivity (Wildman–Crippen MR) is 84.8 cm³/mol. The van der Waals surface area contributed by atoms with Gasteiger partial charge in [0.15, 0.2) is 5.78 Å². The number of piperazine rings is 1. The Morgan fingerprint density at radius 3 is 2.13 bits per heavy atom. The van der Waals surface area contributed by atoms with Crippen molar-refractivity contribution in [2.24, 2.45) is 0 Å². The van der Waals surface area contributed by atoms with Gasteiger partial charge in [0.25, 0.3) is 10.2 Å². The maximum Gasteiger partial charge on any atom is 0.279 e. The molecule has 0 unspecified atom stereocenters. The highest BCUT2D eigenvalue weighted by Gasteiger charge is 2.32. The summed E-state index contributed by atoms with van der Waals surface area (Å²) in [5, 5.41) is 0. The van der Waals surface area contributed by atoms with E-state index in [4.69, 9.17) is 0 Å². The van der Waals surface area contributed by atoms with Crippen molar-refractivity contribution in [3.05, 3.63) is 29.8 Å². The van der Waals surface area contributed by atoms with E-state index in [1.54, 1.807) is 6.07 Å². The van der Waals surface area contributed by atoms with E-state index in [2.05, 4.69) is 4.72 Å². The summed E-state index contributed by atoms with van der Waals surface area (Å²) in [4.78, 5) is 11.4. The fraction of sp³-hybridized carbons (Fsp3) is 0.462. The summed E-state index contributed by atoms with van der Waals surface area (Å²) in [6.07, 6.45) is 0. The number of carbonyl (C=O) groups is 1. The van der Waals surface area contributed by atoms with Crippen LogP contribution in [0, 0.1) is 0 Å². The molecule has 1 aromatic rings. The molecule has 128 valence electrons. The first-order chi connectivity index (χ1) is 10.7. The Balaban J connectivity index is 2.20. The minimum Gasteiger partial charge on any atom is -0.295 e. The quantitative estimate of drug-likeness (QED) is 0.723. The highest BCUT2D eigenvalue weighted by Crippen LogP contribution is 2.19. The molecule has 0 saturated carbocycles. The molecule has 0 spiro atoms. The molecule has 0 bridgehead atoms. The van der Waals surface area contributed by atoms with Crippen molar-refractivity contribution >= 4 is 26.0 Å². The lowest BCUT2D eigenvalue weighted by atomic mass is 10.2. The fourth-order valence-corrected chi connectivity index (χ4v) is 4.67. The van der Waals surface area contributed by atoms with Gasteiger partial charge in [-0.2, -0.15) is 17.0 Å². The largest absolute Gasteiger partial charge is 0.295 e. The van der Waals surface area contributed by atoms with Gasteiger partial charge in [-0.3, -0.25) is 4.79 Å². The Kier molecular flexibility index (Phi) is 5.21. The van der Waals surface area contributed by atoms with E-state index >= 15 is 0 Å². The normalized spacial score (nSPS) is 18.0. The van der Waals surface area contributed by atoms with Crippen LogP contribution in [0.2, 0.25) is 0 Å². The van der Waals surface area contributed by atoms with Crippen LogP contribution >= 0.6 is 0 Å². The number of ketones is 1. The maximum atomic E-state index is 12.6. The third-order valence-electron chi connectivity index (χ3n) is 3.67. The van der Waals surface area contributed by atoms with Crippen molar-refractivity contribution < 1.29 is 21.6 Å².